The number of benzene rings is 1. The molecule has 0 fully saturated rings. The zero-order chi connectivity index (χ0) is 9.73. The molecule has 0 aliphatic heterocycles. The van der Waals surface area contributed by atoms with E-state index in [1.807, 2.05) is 30.3 Å². The van der Waals surface area contributed by atoms with Crippen LogP contribution in [-0.2, 0) is 6.42 Å². The molecule has 0 saturated heterocycles. The van der Waals surface area contributed by atoms with Crippen molar-refractivity contribution in [2.24, 2.45) is 5.41 Å². The van der Waals surface area contributed by atoms with Crippen LogP contribution >= 0.6 is 0 Å². The first-order chi connectivity index (χ1) is 6.20. The number of hydrogen-bond donors (Lipinski definition) is 1. The van der Waals surface area contributed by atoms with Crippen LogP contribution in [0.3, 0.4) is 0 Å². The van der Waals surface area contributed by atoms with Crippen molar-refractivity contribution in [1.29, 1.82) is 5.26 Å². The molecule has 1 aromatic carbocycles. The first-order valence-corrected chi connectivity index (χ1v) is 4.26. The summed E-state index contributed by atoms with van der Waals surface area (Å²) in [4.78, 5) is 0. The lowest BCUT2D eigenvalue weighted by atomic mass is 9.86. The third-order valence-electron chi connectivity index (χ3n) is 2.06. The Morgan fingerprint density at radius 3 is 2.46 bits per heavy atom. The van der Waals surface area contributed by atoms with Gasteiger partial charge in [0.1, 0.15) is 0 Å². The molecule has 0 aliphatic rings. The van der Waals surface area contributed by atoms with E-state index in [1.54, 1.807) is 6.92 Å². The molecule has 0 bridgehead atoms. The van der Waals surface area contributed by atoms with Crippen LogP contribution in [0.25, 0.3) is 0 Å². The molecule has 0 amide bonds. The molecular weight excluding hydrogens is 162 g/mol. The Morgan fingerprint density at radius 1 is 1.38 bits per heavy atom. The smallest absolute Gasteiger partial charge is 0.0816 e. The zero-order valence-electron chi connectivity index (χ0n) is 7.70. The van der Waals surface area contributed by atoms with Gasteiger partial charge in [-0.1, -0.05) is 30.3 Å². The lowest BCUT2D eigenvalue weighted by Gasteiger charge is -2.17. The fraction of sp³-hybridized carbons (Fsp3) is 0.364. The van der Waals surface area contributed by atoms with Gasteiger partial charge in [-0.05, 0) is 18.9 Å². The molecule has 1 aromatic rings. The molecule has 0 unspecified atom stereocenters. The van der Waals surface area contributed by atoms with E-state index < -0.39 is 5.41 Å². The van der Waals surface area contributed by atoms with E-state index in [9.17, 15) is 0 Å². The van der Waals surface area contributed by atoms with Gasteiger partial charge in [-0.15, -0.1) is 0 Å². The van der Waals surface area contributed by atoms with Gasteiger partial charge in [-0.2, -0.15) is 5.26 Å². The highest BCUT2D eigenvalue weighted by Crippen LogP contribution is 2.20. The summed E-state index contributed by atoms with van der Waals surface area (Å²) in [6, 6.07) is 11.9. The fourth-order valence-corrected chi connectivity index (χ4v) is 1.18. The number of aliphatic hydroxyl groups excluding tert-OH is 1. The molecule has 0 saturated carbocycles. The minimum absolute atomic E-state index is 0.0988. The predicted octanol–water partition coefficient (Wildman–Crippen LogP) is 1.75. The number of aliphatic hydroxyl groups is 1. The summed E-state index contributed by atoms with van der Waals surface area (Å²) in [6.07, 6.45) is 0.598. The monoisotopic (exact) mass is 175 g/mol. The number of nitriles is 1. The minimum Gasteiger partial charge on any atom is -0.395 e. The summed E-state index contributed by atoms with van der Waals surface area (Å²) in [5.41, 5.74) is 0.432. The molecule has 0 spiro atoms. The van der Waals surface area contributed by atoms with Crippen LogP contribution in [0.2, 0.25) is 0 Å². The minimum atomic E-state index is -0.651. The third-order valence-corrected chi connectivity index (χ3v) is 2.06. The van der Waals surface area contributed by atoms with Crippen molar-refractivity contribution in [1.82, 2.24) is 0 Å². The predicted molar refractivity (Wildman–Crippen MR) is 51.0 cm³/mol. The van der Waals surface area contributed by atoms with Gasteiger partial charge in [0.05, 0.1) is 18.1 Å². The van der Waals surface area contributed by atoms with Crippen LogP contribution in [0.15, 0.2) is 30.3 Å². The Morgan fingerprint density at radius 2 is 2.00 bits per heavy atom. The number of rotatable bonds is 3. The van der Waals surface area contributed by atoms with Gasteiger partial charge in [-0.3, -0.25) is 0 Å². The van der Waals surface area contributed by atoms with Crippen LogP contribution < -0.4 is 0 Å². The van der Waals surface area contributed by atoms with E-state index in [2.05, 4.69) is 6.07 Å². The number of nitrogens with zero attached hydrogens (tertiary/aromatic N) is 1. The van der Waals surface area contributed by atoms with Gasteiger partial charge < -0.3 is 5.11 Å². The lowest BCUT2D eigenvalue weighted by molar-refractivity contribution is 0.190. The van der Waals surface area contributed by atoms with Gasteiger partial charge >= 0.3 is 0 Å². The normalized spacial score (nSPS) is 14.5. The van der Waals surface area contributed by atoms with Gasteiger partial charge in [0.25, 0.3) is 0 Å². The summed E-state index contributed by atoms with van der Waals surface area (Å²) in [5.74, 6) is 0. The summed E-state index contributed by atoms with van der Waals surface area (Å²) in [7, 11) is 0. The fourth-order valence-electron chi connectivity index (χ4n) is 1.18. The maximum atomic E-state index is 9.02. The first kappa shape index (κ1) is 9.76. The molecule has 0 heterocycles. The van der Waals surface area contributed by atoms with Crippen LogP contribution in [0.5, 0.6) is 0 Å². The highest BCUT2D eigenvalue weighted by Gasteiger charge is 2.22. The largest absolute Gasteiger partial charge is 0.395 e. The molecule has 1 rings (SSSR count). The maximum Gasteiger partial charge on any atom is 0.0816 e. The lowest BCUT2D eigenvalue weighted by Crippen LogP contribution is -2.21. The van der Waals surface area contributed by atoms with E-state index in [1.165, 1.54) is 0 Å². The van der Waals surface area contributed by atoms with Crippen molar-refractivity contribution in [3.8, 4) is 6.07 Å². The second kappa shape index (κ2) is 4.06. The SMILES string of the molecule is C[C@@](C#N)(CO)Cc1ccccc1. The topological polar surface area (TPSA) is 44.0 Å². The Balaban J connectivity index is 2.75. The molecule has 13 heavy (non-hydrogen) atoms. The van der Waals surface area contributed by atoms with Crippen molar-refractivity contribution in [3.63, 3.8) is 0 Å². The van der Waals surface area contributed by atoms with Crippen LogP contribution in [0.1, 0.15) is 12.5 Å². The second-order valence-corrected chi connectivity index (χ2v) is 3.49. The Kier molecular flexibility index (Phi) is 3.05. The van der Waals surface area contributed by atoms with E-state index in [0.29, 0.717) is 6.42 Å². The number of hydrogen-bond acceptors (Lipinski definition) is 2. The van der Waals surface area contributed by atoms with E-state index in [0.717, 1.165) is 5.56 Å². The highest BCUT2D eigenvalue weighted by atomic mass is 16.3. The molecule has 0 aliphatic carbocycles. The Labute approximate surface area is 78.4 Å². The Bertz CT molecular complexity index is 302. The van der Waals surface area contributed by atoms with E-state index in [-0.39, 0.29) is 6.61 Å². The van der Waals surface area contributed by atoms with Crippen molar-refractivity contribution in [2.45, 2.75) is 13.3 Å². The quantitative estimate of drug-likeness (QED) is 0.760. The molecule has 0 aromatic heterocycles. The van der Waals surface area contributed by atoms with Crippen LogP contribution in [0.4, 0.5) is 0 Å². The summed E-state index contributed by atoms with van der Waals surface area (Å²) >= 11 is 0. The first-order valence-electron chi connectivity index (χ1n) is 4.26. The molecule has 1 atom stereocenters. The molecule has 1 N–H and O–H groups in total. The second-order valence-electron chi connectivity index (χ2n) is 3.49. The highest BCUT2D eigenvalue weighted by molar-refractivity contribution is 5.18. The standard InChI is InChI=1S/C11H13NO/c1-11(8-12,9-13)7-10-5-3-2-4-6-10/h2-6,13H,7,9H2,1H3/t11-/m1/s1. The molecule has 0 radical (unpaired) electrons. The van der Waals surface area contributed by atoms with E-state index >= 15 is 0 Å². The molecule has 2 nitrogen and oxygen atoms in total. The zero-order valence-corrected chi connectivity index (χ0v) is 7.70. The molecule has 2 heteroatoms. The van der Waals surface area contributed by atoms with Gasteiger partial charge in [0, 0.05) is 0 Å². The van der Waals surface area contributed by atoms with E-state index in [4.69, 9.17) is 10.4 Å². The maximum absolute atomic E-state index is 9.02. The molecular formula is C11H13NO. The summed E-state index contributed by atoms with van der Waals surface area (Å²) in [6.45, 7) is 1.67. The van der Waals surface area contributed by atoms with Crippen molar-refractivity contribution >= 4 is 0 Å². The van der Waals surface area contributed by atoms with Crippen molar-refractivity contribution < 1.29 is 5.11 Å². The summed E-state index contributed by atoms with van der Waals surface area (Å²) < 4.78 is 0. The van der Waals surface area contributed by atoms with Crippen LogP contribution in [0, 0.1) is 16.7 Å². The van der Waals surface area contributed by atoms with Crippen molar-refractivity contribution in [3.05, 3.63) is 35.9 Å². The average Bonchev–Trinajstić information content (AvgIpc) is 2.19. The summed E-state index contributed by atoms with van der Waals surface area (Å²) in [5, 5.41) is 17.9. The average molecular weight is 175 g/mol. The van der Waals surface area contributed by atoms with Gasteiger partial charge in [0.15, 0.2) is 0 Å². The molecule has 68 valence electrons. The van der Waals surface area contributed by atoms with Crippen LogP contribution in [-0.4, -0.2) is 11.7 Å². The third kappa shape index (κ3) is 2.57. The van der Waals surface area contributed by atoms with Crippen molar-refractivity contribution in [2.75, 3.05) is 6.61 Å². The Hall–Kier alpha value is -1.33. The van der Waals surface area contributed by atoms with Gasteiger partial charge in [-0.25, -0.2) is 0 Å². The van der Waals surface area contributed by atoms with Gasteiger partial charge in [0.2, 0.25) is 0 Å².